The van der Waals surface area contributed by atoms with Crippen LogP contribution in [0, 0.1) is 5.92 Å². The van der Waals surface area contributed by atoms with Gasteiger partial charge in [-0.25, -0.2) is 0 Å². The SMILES string of the molecule is CC(C)NC(CO)(Cn1cc(Br)cn1)C1CC1. The number of rotatable bonds is 6. The maximum absolute atomic E-state index is 9.79. The fourth-order valence-corrected chi connectivity index (χ4v) is 2.77. The van der Waals surface area contributed by atoms with Gasteiger partial charge >= 0.3 is 0 Å². The van der Waals surface area contributed by atoms with Crippen molar-refractivity contribution in [3.8, 4) is 0 Å². The second-order valence-electron chi connectivity index (χ2n) is 5.24. The summed E-state index contributed by atoms with van der Waals surface area (Å²) >= 11 is 3.40. The zero-order valence-corrected chi connectivity index (χ0v) is 11.9. The van der Waals surface area contributed by atoms with Gasteiger partial charge in [0.05, 0.1) is 29.4 Å². The van der Waals surface area contributed by atoms with Crippen molar-refractivity contribution in [3.63, 3.8) is 0 Å². The van der Waals surface area contributed by atoms with E-state index < -0.39 is 0 Å². The molecule has 0 spiro atoms. The van der Waals surface area contributed by atoms with E-state index in [1.54, 1.807) is 6.20 Å². The van der Waals surface area contributed by atoms with Crippen molar-refractivity contribution in [2.24, 2.45) is 5.92 Å². The first kappa shape index (κ1) is 13.1. The summed E-state index contributed by atoms with van der Waals surface area (Å²) in [5, 5.41) is 17.6. The van der Waals surface area contributed by atoms with Crippen molar-refractivity contribution in [2.75, 3.05) is 6.61 Å². The Morgan fingerprint density at radius 2 is 2.35 bits per heavy atom. The maximum atomic E-state index is 9.79. The standard InChI is InChI=1S/C12H20BrN3O/c1-9(2)15-12(8-17,10-3-4-10)7-16-6-11(13)5-14-16/h5-6,9-10,15,17H,3-4,7-8H2,1-2H3. The smallest absolute Gasteiger partial charge is 0.0643 e. The van der Waals surface area contributed by atoms with Gasteiger partial charge in [0.1, 0.15) is 0 Å². The van der Waals surface area contributed by atoms with Crippen molar-refractivity contribution in [1.82, 2.24) is 15.1 Å². The average Bonchev–Trinajstić information content (AvgIpc) is 3.03. The van der Waals surface area contributed by atoms with Crippen LogP contribution < -0.4 is 5.32 Å². The first-order valence-corrected chi connectivity index (χ1v) is 6.91. The molecule has 0 bridgehead atoms. The first-order valence-electron chi connectivity index (χ1n) is 6.12. The molecule has 1 aromatic heterocycles. The number of hydrogen-bond donors (Lipinski definition) is 2. The molecule has 1 aliphatic rings. The molecule has 1 aliphatic carbocycles. The highest BCUT2D eigenvalue weighted by atomic mass is 79.9. The number of aliphatic hydroxyl groups excluding tert-OH is 1. The van der Waals surface area contributed by atoms with Crippen LogP contribution in [0.2, 0.25) is 0 Å². The van der Waals surface area contributed by atoms with Gasteiger partial charge in [0.15, 0.2) is 0 Å². The Kier molecular flexibility index (Phi) is 3.90. The molecule has 0 saturated heterocycles. The summed E-state index contributed by atoms with van der Waals surface area (Å²) in [5.74, 6) is 0.567. The molecular formula is C12H20BrN3O. The molecule has 1 atom stereocenters. The van der Waals surface area contributed by atoms with Crippen LogP contribution in [0.1, 0.15) is 26.7 Å². The summed E-state index contributed by atoms with van der Waals surface area (Å²) in [7, 11) is 0. The number of aliphatic hydroxyl groups is 1. The Balaban J connectivity index is 2.14. The lowest BCUT2D eigenvalue weighted by molar-refractivity contribution is 0.109. The third kappa shape index (κ3) is 3.09. The second-order valence-corrected chi connectivity index (χ2v) is 6.16. The van der Waals surface area contributed by atoms with Gasteiger partial charge in [-0.05, 0) is 34.7 Å². The zero-order chi connectivity index (χ0) is 12.5. The molecule has 0 amide bonds. The third-order valence-corrected chi connectivity index (χ3v) is 3.67. The van der Waals surface area contributed by atoms with Crippen LogP contribution >= 0.6 is 15.9 Å². The minimum absolute atomic E-state index is 0.160. The van der Waals surface area contributed by atoms with E-state index in [4.69, 9.17) is 0 Å². The summed E-state index contributed by atoms with van der Waals surface area (Å²) < 4.78 is 2.87. The second kappa shape index (κ2) is 5.08. The maximum Gasteiger partial charge on any atom is 0.0643 e. The Morgan fingerprint density at radius 1 is 1.65 bits per heavy atom. The lowest BCUT2D eigenvalue weighted by Crippen LogP contribution is -2.56. The molecular weight excluding hydrogens is 282 g/mol. The van der Waals surface area contributed by atoms with E-state index in [1.165, 1.54) is 12.8 Å². The van der Waals surface area contributed by atoms with E-state index in [1.807, 2.05) is 10.9 Å². The number of nitrogens with zero attached hydrogens (tertiary/aromatic N) is 2. The topological polar surface area (TPSA) is 50.1 Å². The van der Waals surface area contributed by atoms with Gasteiger partial charge in [-0.15, -0.1) is 0 Å². The van der Waals surface area contributed by atoms with Gasteiger partial charge in [0, 0.05) is 12.2 Å². The van der Waals surface area contributed by atoms with E-state index >= 15 is 0 Å². The monoisotopic (exact) mass is 301 g/mol. The minimum atomic E-state index is -0.223. The Labute approximate surface area is 111 Å². The highest BCUT2D eigenvalue weighted by molar-refractivity contribution is 9.10. The zero-order valence-electron chi connectivity index (χ0n) is 10.4. The van der Waals surface area contributed by atoms with Crippen LogP contribution in [0.4, 0.5) is 0 Å². The van der Waals surface area contributed by atoms with Crippen molar-refractivity contribution in [3.05, 3.63) is 16.9 Å². The van der Waals surface area contributed by atoms with Crippen LogP contribution in [-0.4, -0.2) is 33.1 Å². The Bertz CT molecular complexity index is 376. The van der Waals surface area contributed by atoms with Crippen LogP contribution in [0.15, 0.2) is 16.9 Å². The highest BCUT2D eigenvalue weighted by Gasteiger charge is 2.45. The predicted molar refractivity (Wildman–Crippen MR) is 70.7 cm³/mol. The molecule has 96 valence electrons. The van der Waals surface area contributed by atoms with Gasteiger partial charge in [0.2, 0.25) is 0 Å². The van der Waals surface area contributed by atoms with Gasteiger partial charge in [-0.2, -0.15) is 5.10 Å². The van der Waals surface area contributed by atoms with E-state index in [-0.39, 0.29) is 12.1 Å². The summed E-state index contributed by atoms with van der Waals surface area (Å²) in [6.45, 7) is 5.11. The number of aromatic nitrogens is 2. The van der Waals surface area contributed by atoms with E-state index in [0.29, 0.717) is 12.0 Å². The van der Waals surface area contributed by atoms with Crippen molar-refractivity contribution >= 4 is 15.9 Å². The van der Waals surface area contributed by atoms with Gasteiger partial charge in [-0.1, -0.05) is 13.8 Å². The fraction of sp³-hybridized carbons (Fsp3) is 0.750. The van der Waals surface area contributed by atoms with Gasteiger partial charge in [-0.3, -0.25) is 4.68 Å². The van der Waals surface area contributed by atoms with Crippen molar-refractivity contribution < 1.29 is 5.11 Å². The van der Waals surface area contributed by atoms with Crippen molar-refractivity contribution in [1.29, 1.82) is 0 Å². The summed E-state index contributed by atoms with van der Waals surface area (Å²) in [5.41, 5.74) is -0.223. The lowest BCUT2D eigenvalue weighted by atomic mass is 9.93. The molecule has 1 fully saturated rings. The average molecular weight is 302 g/mol. The number of halogens is 1. The Hall–Kier alpha value is -0.390. The van der Waals surface area contributed by atoms with E-state index in [2.05, 4.69) is 40.2 Å². The minimum Gasteiger partial charge on any atom is -0.394 e. The number of hydrogen-bond acceptors (Lipinski definition) is 3. The Morgan fingerprint density at radius 3 is 2.76 bits per heavy atom. The van der Waals surface area contributed by atoms with Crippen LogP contribution in [0.25, 0.3) is 0 Å². The molecule has 0 radical (unpaired) electrons. The fourth-order valence-electron chi connectivity index (χ4n) is 2.44. The molecule has 1 heterocycles. The molecule has 2 rings (SSSR count). The van der Waals surface area contributed by atoms with Crippen LogP contribution in [0.5, 0.6) is 0 Å². The van der Waals surface area contributed by atoms with Gasteiger partial charge in [0.25, 0.3) is 0 Å². The van der Waals surface area contributed by atoms with Crippen LogP contribution in [-0.2, 0) is 6.54 Å². The predicted octanol–water partition coefficient (Wildman–Crippen LogP) is 1.78. The summed E-state index contributed by atoms with van der Waals surface area (Å²) in [6.07, 6.45) is 6.13. The van der Waals surface area contributed by atoms with Crippen LogP contribution in [0.3, 0.4) is 0 Å². The molecule has 1 aromatic rings. The quantitative estimate of drug-likeness (QED) is 0.842. The summed E-state index contributed by atoms with van der Waals surface area (Å²) in [4.78, 5) is 0. The normalized spacial score (nSPS) is 19.6. The van der Waals surface area contributed by atoms with E-state index in [9.17, 15) is 5.11 Å². The van der Waals surface area contributed by atoms with E-state index in [0.717, 1.165) is 11.0 Å². The molecule has 0 aliphatic heterocycles. The first-order chi connectivity index (χ1) is 8.05. The molecule has 0 aromatic carbocycles. The largest absolute Gasteiger partial charge is 0.394 e. The van der Waals surface area contributed by atoms with Crippen molar-refractivity contribution in [2.45, 2.75) is 44.8 Å². The molecule has 1 unspecified atom stereocenters. The molecule has 1 saturated carbocycles. The molecule has 4 nitrogen and oxygen atoms in total. The third-order valence-electron chi connectivity index (χ3n) is 3.26. The molecule has 17 heavy (non-hydrogen) atoms. The molecule has 2 N–H and O–H groups in total. The van der Waals surface area contributed by atoms with Gasteiger partial charge < -0.3 is 10.4 Å². The molecule has 5 heteroatoms. The lowest BCUT2D eigenvalue weighted by Gasteiger charge is -2.35. The summed E-state index contributed by atoms with van der Waals surface area (Å²) in [6, 6.07) is 0.363. The highest BCUT2D eigenvalue weighted by Crippen LogP contribution is 2.40. The number of nitrogens with one attached hydrogen (secondary N) is 1.